The van der Waals surface area contributed by atoms with Crippen molar-refractivity contribution in [3.63, 3.8) is 0 Å². The topological polar surface area (TPSA) is 90.7 Å². The molecule has 30 heavy (non-hydrogen) atoms. The Balaban J connectivity index is 1.67. The molecule has 4 aromatic rings. The number of methoxy groups -OCH3 is 2. The van der Waals surface area contributed by atoms with Gasteiger partial charge in [-0.3, -0.25) is 5.10 Å². The zero-order chi connectivity index (χ0) is 20.6. The van der Waals surface area contributed by atoms with Crippen molar-refractivity contribution in [1.29, 1.82) is 0 Å². The van der Waals surface area contributed by atoms with Crippen LogP contribution in [-0.2, 0) is 11.8 Å². The highest BCUT2D eigenvalue weighted by atomic mass is 16.5. The Morgan fingerprint density at radius 2 is 1.83 bits per heavy atom. The van der Waals surface area contributed by atoms with E-state index in [4.69, 9.17) is 9.47 Å². The number of ether oxygens (including phenoxy) is 2. The van der Waals surface area contributed by atoms with Gasteiger partial charge < -0.3 is 9.47 Å². The van der Waals surface area contributed by atoms with Gasteiger partial charge >= 0.3 is 0 Å². The number of tetrazole rings is 1. The van der Waals surface area contributed by atoms with Crippen LogP contribution in [0.1, 0.15) is 22.4 Å². The summed E-state index contributed by atoms with van der Waals surface area (Å²) in [7, 11) is 3.29. The lowest BCUT2D eigenvalue weighted by Crippen LogP contribution is -2.30. The van der Waals surface area contributed by atoms with Crippen LogP contribution in [0.2, 0.25) is 0 Å². The molecule has 1 atom stereocenters. The molecule has 8 nitrogen and oxygen atoms in total. The smallest absolute Gasteiger partial charge is 0.185 e. The van der Waals surface area contributed by atoms with Gasteiger partial charge in [0.05, 0.1) is 14.2 Å². The molecule has 1 unspecified atom stereocenters. The normalized spacial score (nSPS) is 17.5. The van der Waals surface area contributed by atoms with Crippen LogP contribution >= 0.6 is 0 Å². The van der Waals surface area contributed by atoms with E-state index in [1.165, 1.54) is 11.9 Å². The van der Waals surface area contributed by atoms with E-state index in [-0.39, 0.29) is 0 Å². The van der Waals surface area contributed by atoms with Crippen LogP contribution in [0.5, 0.6) is 11.5 Å². The Hall–Kier alpha value is -3.94. The van der Waals surface area contributed by atoms with Crippen molar-refractivity contribution in [1.82, 2.24) is 30.4 Å². The Kier molecular flexibility index (Phi) is 4.31. The van der Waals surface area contributed by atoms with Crippen molar-refractivity contribution in [3.05, 3.63) is 83.3 Å². The molecule has 1 aliphatic rings. The van der Waals surface area contributed by atoms with Crippen molar-refractivity contribution in [3.8, 4) is 17.3 Å². The lowest BCUT2D eigenvalue weighted by molar-refractivity contribution is 0.354. The molecule has 2 aromatic carbocycles. The predicted octanol–water partition coefficient (Wildman–Crippen LogP) is 2.96. The number of aromatic nitrogens is 6. The second-order valence-corrected chi connectivity index (χ2v) is 7.11. The fraction of sp³-hybridized carbons (Fsp3) is 0.182. The van der Waals surface area contributed by atoms with E-state index in [0.717, 1.165) is 16.8 Å². The molecule has 0 fully saturated rings. The molecule has 2 heterocycles. The summed E-state index contributed by atoms with van der Waals surface area (Å²) in [5.74, 6) is 2.08. The van der Waals surface area contributed by atoms with Crippen LogP contribution in [0.25, 0.3) is 11.9 Å². The highest BCUT2D eigenvalue weighted by molar-refractivity contribution is 5.68. The maximum Gasteiger partial charge on any atom is 0.185 e. The first-order chi connectivity index (χ1) is 14.7. The van der Waals surface area contributed by atoms with Crippen molar-refractivity contribution < 1.29 is 9.47 Å². The molecule has 0 aliphatic heterocycles. The van der Waals surface area contributed by atoms with Crippen molar-refractivity contribution in [2.45, 2.75) is 11.8 Å². The SMILES string of the molecule is COc1ccc(C2(c3ccccc3)C=Cc3c(-n4cnnn4)n[nH]c3C2)cc1OC. The first kappa shape index (κ1) is 18.1. The molecule has 0 saturated heterocycles. The first-order valence-electron chi connectivity index (χ1n) is 9.53. The third-order valence-corrected chi connectivity index (χ3v) is 5.61. The van der Waals surface area contributed by atoms with E-state index < -0.39 is 5.41 Å². The zero-order valence-corrected chi connectivity index (χ0v) is 16.6. The number of H-pyrrole nitrogens is 1. The summed E-state index contributed by atoms with van der Waals surface area (Å²) < 4.78 is 12.6. The molecule has 0 amide bonds. The molecular weight excluding hydrogens is 380 g/mol. The second-order valence-electron chi connectivity index (χ2n) is 7.11. The Morgan fingerprint density at radius 3 is 2.57 bits per heavy atom. The van der Waals surface area contributed by atoms with Crippen LogP contribution in [-0.4, -0.2) is 44.6 Å². The van der Waals surface area contributed by atoms with Gasteiger partial charge in [0.2, 0.25) is 0 Å². The van der Waals surface area contributed by atoms with E-state index in [1.54, 1.807) is 18.9 Å². The Morgan fingerprint density at radius 1 is 1.00 bits per heavy atom. The van der Waals surface area contributed by atoms with E-state index in [1.807, 2.05) is 18.2 Å². The van der Waals surface area contributed by atoms with Crippen LogP contribution in [0, 0.1) is 0 Å². The summed E-state index contributed by atoms with van der Waals surface area (Å²) in [5.41, 5.74) is 3.89. The van der Waals surface area contributed by atoms with Crippen molar-refractivity contribution >= 4 is 6.08 Å². The number of hydrogen-bond donors (Lipinski definition) is 1. The number of nitrogens with one attached hydrogen (secondary N) is 1. The molecule has 0 bridgehead atoms. The van der Waals surface area contributed by atoms with Gasteiger partial charge in [-0.25, -0.2) is 0 Å². The number of hydrogen-bond acceptors (Lipinski definition) is 6. The number of rotatable bonds is 5. The lowest BCUT2D eigenvalue weighted by Gasteiger charge is -2.34. The largest absolute Gasteiger partial charge is 0.493 e. The number of allylic oxidation sites excluding steroid dienone is 1. The van der Waals surface area contributed by atoms with Gasteiger partial charge in [0.1, 0.15) is 6.33 Å². The van der Waals surface area contributed by atoms with E-state index in [9.17, 15) is 0 Å². The number of aromatic amines is 1. The molecule has 1 N–H and O–H groups in total. The van der Waals surface area contributed by atoms with Gasteiger partial charge in [-0.15, -0.1) is 5.10 Å². The summed E-state index contributed by atoms with van der Waals surface area (Å²) >= 11 is 0. The van der Waals surface area contributed by atoms with Crippen LogP contribution in [0.15, 0.2) is 60.9 Å². The van der Waals surface area contributed by atoms with E-state index >= 15 is 0 Å². The molecule has 0 radical (unpaired) electrons. The molecule has 1 aliphatic carbocycles. The minimum atomic E-state index is -0.391. The van der Waals surface area contributed by atoms with Crippen LogP contribution < -0.4 is 9.47 Å². The first-order valence-corrected chi connectivity index (χ1v) is 9.53. The Labute approximate surface area is 173 Å². The molecule has 8 heteroatoms. The summed E-state index contributed by atoms with van der Waals surface area (Å²) in [6.07, 6.45) is 6.55. The molecule has 2 aromatic heterocycles. The van der Waals surface area contributed by atoms with E-state index in [0.29, 0.717) is 23.7 Å². The maximum absolute atomic E-state index is 5.58. The fourth-order valence-electron chi connectivity index (χ4n) is 4.09. The minimum absolute atomic E-state index is 0.391. The predicted molar refractivity (Wildman–Crippen MR) is 111 cm³/mol. The summed E-state index contributed by atoms with van der Waals surface area (Å²) in [6, 6.07) is 16.5. The highest BCUT2D eigenvalue weighted by Gasteiger charge is 2.37. The Bertz CT molecular complexity index is 1200. The molecule has 5 rings (SSSR count). The highest BCUT2D eigenvalue weighted by Crippen LogP contribution is 2.44. The average molecular weight is 400 g/mol. The molecule has 0 saturated carbocycles. The summed E-state index contributed by atoms with van der Waals surface area (Å²) in [6.45, 7) is 0. The van der Waals surface area contributed by atoms with Gasteiger partial charge in [-0.1, -0.05) is 48.6 Å². The maximum atomic E-state index is 5.58. The van der Waals surface area contributed by atoms with Gasteiger partial charge in [-0.2, -0.15) is 9.78 Å². The zero-order valence-electron chi connectivity index (χ0n) is 16.6. The molecule has 150 valence electrons. The summed E-state index contributed by atoms with van der Waals surface area (Å²) in [5, 5.41) is 19.0. The van der Waals surface area contributed by atoms with Crippen LogP contribution in [0.3, 0.4) is 0 Å². The quantitative estimate of drug-likeness (QED) is 0.554. The standard InChI is InChI=1S/C22H20N6O2/c1-29-19-9-8-16(12-20(19)30-2)22(15-6-4-3-5-7-15)11-10-17-18(13-22)24-25-21(17)28-14-23-26-27-28/h3-12,14H,13H2,1-2H3,(H,24,25). The molecular formula is C22H20N6O2. The average Bonchev–Trinajstić information content (AvgIpc) is 3.48. The van der Waals surface area contributed by atoms with E-state index in [2.05, 4.69) is 68.2 Å². The van der Waals surface area contributed by atoms with Gasteiger partial charge in [0, 0.05) is 23.1 Å². The van der Waals surface area contributed by atoms with Gasteiger partial charge in [0.15, 0.2) is 17.3 Å². The fourth-order valence-corrected chi connectivity index (χ4v) is 4.09. The minimum Gasteiger partial charge on any atom is -0.493 e. The second kappa shape index (κ2) is 7.14. The molecule has 0 spiro atoms. The van der Waals surface area contributed by atoms with Crippen molar-refractivity contribution in [2.24, 2.45) is 0 Å². The lowest BCUT2D eigenvalue weighted by atomic mass is 9.68. The van der Waals surface area contributed by atoms with Crippen LogP contribution in [0.4, 0.5) is 0 Å². The third-order valence-electron chi connectivity index (χ3n) is 5.61. The monoisotopic (exact) mass is 400 g/mol. The number of nitrogens with zero attached hydrogens (tertiary/aromatic N) is 5. The third kappa shape index (κ3) is 2.76. The van der Waals surface area contributed by atoms with Gasteiger partial charge in [0.25, 0.3) is 0 Å². The summed E-state index contributed by atoms with van der Waals surface area (Å²) in [4.78, 5) is 0. The van der Waals surface area contributed by atoms with Crippen molar-refractivity contribution in [2.75, 3.05) is 14.2 Å². The van der Waals surface area contributed by atoms with Gasteiger partial charge in [-0.05, 0) is 33.7 Å². The number of benzene rings is 2. The number of fused-ring (bicyclic) bond motifs is 1.